The van der Waals surface area contributed by atoms with Crippen molar-refractivity contribution in [3.05, 3.63) is 0 Å². The molecule has 1 rings (SSSR count). The summed E-state index contributed by atoms with van der Waals surface area (Å²) in [4.78, 5) is 5.03. The lowest BCUT2D eigenvalue weighted by molar-refractivity contribution is 0.126. The van der Waals surface area contributed by atoms with E-state index in [1.54, 1.807) is 0 Å². The number of aliphatic hydroxyl groups excluding tert-OH is 1. The third-order valence-corrected chi connectivity index (χ3v) is 3.71. The first kappa shape index (κ1) is 13.9. The molecule has 96 valence electrons. The zero-order valence-corrected chi connectivity index (χ0v) is 11.2. The Bertz CT molecular complexity index is 181. The van der Waals surface area contributed by atoms with Gasteiger partial charge in [-0.15, -0.1) is 0 Å². The lowest BCUT2D eigenvalue weighted by Crippen LogP contribution is -2.38. The fraction of sp³-hybridized carbons (Fsp3) is 1.00. The van der Waals surface area contributed by atoms with Gasteiger partial charge in [0.15, 0.2) is 0 Å². The monoisotopic (exact) mass is 228 g/mol. The van der Waals surface area contributed by atoms with Gasteiger partial charge in [0.1, 0.15) is 0 Å². The van der Waals surface area contributed by atoms with Gasteiger partial charge in [0.05, 0.1) is 6.10 Å². The van der Waals surface area contributed by atoms with Crippen LogP contribution in [0.1, 0.15) is 40.0 Å². The smallest absolute Gasteiger partial charge is 0.0527 e. The first-order valence-corrected chi connectivity index (χ1v) is 6.81. The van der Waals surface area contributed by atoms with E-state index < -0.39 is 0 Å². The summed E-state index contributed by atoms with van der Waals surface area (Å²) in [6, 6.07) is 0.621. The summed E-state index contributed by atoms with van der Waals surface area (Å²) in [5.41, 5.74) is 0. The molecule has 0 bridgehead atoms. The van der Waals surface area contributed by atoms with Crippen LogP contribution >= 0.6 is 0 Å². The molecule has 0 aliphatic carbocycles. The third kappa shape index (κ3) is 4.40. The first-order valence-electron chi connectivity index (χ1n) is 6.81. The largest absolute Gasteiger partial charge is 0.393 e. The second-order valence-corrected chi connectivity index (χ2v) is 4.94. The van der Waals surface area contributed by atoms with Crippen molar-refractivity contribution >= 4 is 0 Å². The lowest BCUT2D eigenvalue weighted by atomic mass is 10.1. The number of rotatable bonds is 7. The second-order valence-electron chi connectivity index (χ2n) is 4.94. The summed E-state index contributed by atoms with van der Waals surface area (Å²) >= 11 is 0. The Labute approximate surface area is 100 Å². The van der Waals surface area contributed by atoms with E-state index in [4.69, 9.17) is 0 Å². The van der Waals surface area contributed by atoms with Gasteiger partial charge in [-0.1, -0.05) is 13.8 Å². The predicted molar refractivity (Wildman–Crippen MR) is 68.7 cm³/mol. The Hall–Kier alpha value is -0.120. The van der Waals surface area contributed by atoms with Crippen LogP contribution in [0.2, 0.25) is 0 Å². The van der Waals surface area contributed by atoms with E-state index in [1.165, 1.54) is 32.5 Å². The van der Waals surface area contributed by atoms with E-state index in [2.05, 4.69) is 23.6 Å². The zero-order valence-electron chi connectivity index (χ0n) is 11.2. The number of nitrogens with zero attached hydrogens (tertiary/aromatic N) is 2. The summed E-state index contributed by atoms with van der Waals surface area (Å²) in [5, 5.41) is 9.46. The van der Waals surface area contributed by atoms with E-state index in [9.17, 15) is 5.11 Å². The first-order chi connectivity index (χ1) is 7.67. The summed E-state index contributed by atoms with van der Waals surface area (Å²) in [7, 11) is 0. The van der Waals surface area contributed by atoms with Crippen LogP contribution in [0.4, 0.5) is 0 Å². The molecule has 0 radical (unpaired) electrons. The van der Waals surface area contributed by atoms with Crippen molar-refractivity contribution < 1.29 is 5.11 Å². The maximum Gasteiger partial charge on any atom is 0.0527 e. The van der Waals surface area contributed by atoms with E-state index in [0.29, 0.717) is 6.04 Å². The van der Waals surface area contributed by atoms with E-state index >= 15 is 0 Å². The molecule has 0 aromatic carbocycles. The molecule has 0 aromatic rings. The molecule has 2 unspecified atom stereocenters. The van der Waals surface area contributed by atoms with Crippen molar-refractivity contribution in [2.45, 2.75) is 52.2 Å². The Morgan fingerprint density at radius 3 is 2.62 bits per heavy atom. The molecular weight excluding hydrogens is 200 g/mol. The highest BCUT2D eigenvalue weighted by Gasteiger charge is 2.25. The highest BCUT2D eigenvalue weighted by atomic mass is 16.3. The van der Waals surface area contributed by atoms with Gasteiger partial charge in [0, 0.05) is 19.1 Å². The van der Waals surface area contributed by atoms with Gasteiger partial charge < -0.3 is 10.0 Å². The summed E-state index contributed by atoms with van der Waals surface area (Å²) < 4.78 is 0. The lowest BCUT2D eigenvalue weighted by Gasteiger charge is -2.28. The maximum atomic E-state index is 9.46. The number of hydrogen-bond donors (Lipinski definition) is 1. The molecule has 1 N–H and O–H groups in total. The molecule has 1 aliphatic rings. The van der Waals surface area contributed by atoms with E-state index in [-0.39, 0.29) is 6.10 Å². The average Bonchev–Trinajstić information content (AvgIpc) is 2.66. The van der Waals surface area contributed by atoms with Gasteiger partial charge in [0.25, 0.3) is 0 Å². The molecule has 0 aromatic heterocycles. The average molecular weight is 228 g/mol. The second kappa shape index (κ2) is 7.25. The number of aliphatic hydroxyl groups is 1. The Morgan fingerprint density at radius 2 is 2.06 bits per heavy atom. The molecule has 0 amide bonds. The van der Waals surface area contributed by atoms with E-state index in [1.807, 2.05) is 6.92 Å². The number of hydrogen-bond acceptors (Lipinski definition) is 3. The molecule has 1 saturated heterocycles. The standard InChI is InChI=1S/C13H28N2O/c1-4-14(5-2)9-10-15-8-6-7-13(15)11-12(3)16/h12-13,16H,4-11H2,1-3H3. The van der Waals surface area contributed by atoms with Crippen molar-refractivity contribution in [2.75, 3.05) is 32.7 Å². The van der Waals surface area contributed by atoms with Crippen molar-refractivity contribution in [1.29, 1.82) is 0 Å². The summed E-state index contributed by atoms with van der Waals surface area (Å²) in [6.07, 6.45) is 3.36. The minimum Gasteiger partial charge on any atom is -0.393 e. The molecule has 0 saturated carbocycles. The third-order valence-electron chi connectivity index (χ3n) is 3.71. The van der Waals surface area contributed by atoms with Crippen molar-refractivity contribution in [1.82, 2.24) is 9.80 Å². The molecule has 2 atom stereocenters. The van der Waals surface area contributed by atoms with Gasteiger partial charge >= 0.3 is 0 Å². The van der Waals surface area contributed by atoms with Gasteiger partial charge in [-0.2, -0.15) is 0 Å². The molecule has 3 heteroatoms. The van der Waals surface area contributed by atoms with Gasteiger partial charge in [-0.3, -0.25) is 4.90 Å². The molecule has 16 heavy (non-hydrogen) atoms. The highest BCUT2D eigenvalue weighted by molar-refractivity contribution is 4.81. The van der Waals surface area contributed by atoms with Gasteiger partial charge in [0.2, 0.25) is 0 Å². The molecule has 1 aliphatic heterocycles. The molecule has 3 nitrogen and oxygen atoms in total. The fourth-order valence-electron chi connectivity index (χ4n) is 2.66. The Morgan fingerprint density at radius 1 is 1.38 bits per heavy atom. The summed E-state index contributed by atoms with van der Waals surface area (Å²) in [6.45, 7) is 12.2. The van der Waals surface area contributed by atoms with Gasteiger partial charge in [-0.25, -0.2) is 0 Å². The van der Waals surface area contributed by atoms with Crippen molar-refractivity contribution in [3.8, 4) is 0 Å². The van der Waals surface area contributed by atoms with Crippen LogP contribution in [0, 0.1) is 0 Å². The Balaban J connectivity index is 2.29. The van der Waals surface area contributed by atoms with Crippen LogP contribution in [0.15, 0.2) is 0 Å². The fourth-order valence-corrected chi connectivity index (χ4v) is 2.66. The quantitative estimate of drug-likeness (QED) is 0.716. The van der Waals surface area contributed by atoms with Crippen LogP contribution in [0.5, 0.6) is 0 Å². The molecule has 1 fully saturated rings. The van der Waals surface area contributed by atoms with Crippen LogP contribution in [0.25, 0.3) is 0 Å². The highest BCUT2D eigenvalue weighted by Crippen LogP contribution is 2.20. The Kier molecular flexibility index (Phi) is 6.32. The maximum absolute atomic E-state index is 9.46. The number of likely N-dealkylation sites (tertiary alicyclic amines) is 1. The molecule has 0 spiro atoms. The van der Waals surface area contributed by atoms with Crippen molar-refractivity contribution in [2.24, 2.45) is 0 Å². The van der Waals surface area contributed by atoms with Crippen LogP contribution < -0.4 is 0 Å². The zero-order chi connectivity index (χ0) is 12.0. The van der Waals surface area contributed by atoms with Crippen LogP contribution in [-0.4, -0.2) is 59.8 Å². The minimum atomic E-state index is -0.154. The van der Waals surface area contributed by atoms with Gasteiger partial charge in [-0.05, 0) is 45.8 Å². The SMILES string of the molecule is CCN(CC)CCN1CCCC1CC(C)O. The van der Waals surface area contributed by atoms with Crippen LogP contribution in [0.3, 0.4) is 0 Å². The minimum absolute atomic E-state index is 0.154. The number of likely N-dealkylation sites (N-methyl/N-ethyl adjacent to an activating group) is 1. The normalized spacial score (nSPS) is 24.2. The van der Waals surface area contributed by atoms with Crippen molar-refractivity contribution in [3.63, 3.8) is 0 Å². The topological polar surface area (TPSA) is 26.7 Å². The summed E-state index contributed by atoms with van der Waals surface area (Å²) in [5.74, 6) is 0. The molecular formula is C13H28N2O. The predicted octanol–water partition coefficient (Wildman–Crippen LogP) is 1.56. The van der Waals surface area contributed by atoms with E-state index in [0.717, 1.165) is 19.5 Å². The molecule has 1 heterocycles. The van der Waals surface area contributed by atoms with Crippen LogP contribution in [-0.2, 0) is 0 Å².